The Morgan fingerprint density at radius 3 is 2.42 bits per heavy atom. The lowest BCUT2D eigenvalue weighted by Gasteiger charge is -2.12. The van der Waals surface area contributed by atoms with Gasteiger partial charge in [-0.3, -0.25) is 9.59 Å². The summed E-state index contributed by atoms with van der Waals surface area (Å²) in [4.78, 5) is 33.9. The quantitative estimate of drug-likeness (QED) is 0.350. The van der Waals surface area contributed by atoms with Gasteiger partial charge in [0.2, 0.25) is 0 Å². The van der Waals surface area contributed by atoms with Crippen molar-refractivity contribution in [1.29, 1.82) is 0 Å². The summed E-state index contributed by atoms with van der Waals surface area (Å²) in [5.41, 5.74) is 2.32. The van der Waals surface area contributed by atoms with Gasteiger partial charge in [0.25, 0.3) is 0 Å². The molecule has 0 amide bonds. The maximum atomic E-state index is 11.8. The van der Waals surface area contributed by atoms with E-state index in [0.717, 1.165) is 10.9 Å². The SMILES string of the molecule is CC(=O)CC(=O)OCCOc1ccc2c(C)c(C)c(=O)oc2c1C. The topological polar surface area (TPSA) is 82.8 Å². The zero-order chi connectivity index (χ0) is 17.9. The fourth-order valence-electron chi connectivity index (χ4n) is 2.34. The molecule has 0 fully saturated rings. The number of ketones is 1. The highest BCUT2D eigenvalue weighted by atomic mass is 16.6. The van der Waals surface area contributed by atoms with E-state index < -0.39 is 5.97 Å². The summed E-state index contributed by atoms with van der Waals surface area (Å²) < 4.78 is 15.9. The maximum Gasteiger partial charge on any atom is 0.339 e. The summed E-state index contributed by atoms with van der Waals surface area (Å²) in [7, 11) is 0. The maximum absolute atomic E-state index is 11.8. The molecule has 6 nitrogen and oxygen atoms in total. The predicted octanol–water partition coefficient (Wildman–Crippen LogP) is 2.62. The van der Waals surface area contributed by atoms with Crippen LogP contribution in [0.4, 0.5) is 0 Å². The highest BCUT2D eigenvalue weighted by Gasteiger charge is 2.13. The third-order valence-electron chi connectivity index (χ3n) is 3.82. The molecular formula is C18H20O6. The number of fused-ring (bicyclic) bond motifs is 1. The summed E-state index contributed by atoms with van der Waals surface area (Å²) in [5, 5.41) is 0.866. The third-order valence-corrected chi connectivity index (χ3v) is 3.82. The molecule has 1 aromatic carbocycles. The Hall–Kier alpha value is -2.63. The van der Waals surface area contributed by atoms with Crippen molar-refractivity contribution in [2.45, 2.75) is 34.1 Å². The minimum atomic E-state index is -0.571. The van der Waals surface area contributed by atoms with Crippen molar-refractivity contribution in [3.63, 3.8) is 0 Å². The number of hydrogen-bond donors (Lipinski definition) is 0. The van der Waals surface area contributed by atoms with Crippen molar-refractivity contribution < 1.29 is 23.5 Å². The molecule has 0 bridgehead atoms. The van der Waals surface area contributed by atoms with Gasteiger partial charge < -0.3 is 13.9 Å². The second-order valence-electron chi connectivity index (χ2n) is 5.65. The van der Waals surface area contributed by atoms with Crippen LogP contribution in [0, 0.1) is 20.8 Å². The molecule has 0 N–H and O–H groups in total. The number of rotatable bonds is 6. The lowest BCUT2D eigenvalue weighted by Crippen LogP contribution is -2.14. The van der Waals surface area contributed by atoms with Crippen molar-refractivity contribution in [3.8, 4) is 5.75 Å². The lowest BCUT2D eigenvalue weighted by atomic mass is 10.0. The molecule has 0 radical (unpaired) electrons. The van der Waals surface area contributed by atoms with Crippen LogP contribution in [0.15, 0.2) is 21.3 Å². The Morgan fingerprint density at radius 1 is 1.04 bits per heavy atom. The number of ether oxygens (including phenoxy) is 2. The van der Waals surface area contributed by atoms with E-state index in [9.17, 15) is 14.4 Å². The first-order chi connectivity index (χ1) is 11.3. The van der Waals surface area contributed by atoms with Crippen LogP contribution in [0.25, 0.3) is 11.0 Å². The smallest absolute Gasteiger partial charge is 0.339 e. The van der Waals surface area contributed by atoms with Crippen LogP contribution >= 0.6 is 0 Å². The largest absolute Gasteiger partial charge is 0.490 e. The molecule has 0 aliphatic heterocycles. The number of aryl methyl sites for hydroxylation is 2. The fraction of sp³-hybridized carbons (Fsp3) is 0.389. The Balaban J connectivity index is 2.10. The Kier molecular flexibility index (Phi) is 5.39. The normalized spacial score (nSPS) is 10.7. The Bertz CT molecular complexity index is 847. The average Bonchev–Trinajstić information content (AvgIpc) is 2.51. The fourth-order valence-corrected chi connectivity index (χ4v) is 2.34. The molecule has 0 saturated heterocycles. The van der Waals surface area contributed by atoms with Crippen LogP contribution in [-0.2, 0) is 14.3 Å². The molecule has 2 aromatic rings. The highest BCUT2D eigenvalue weighted by Crippen LogP contribution is 2.29. The average molecular weight is 332 g/mol. The van der Waals surface area contributed by atoms with Gasteiger partial charge in [-0.15, -0.1) is 0 Å². The van der Waals surface area contributed by atoms with E-state index >= 15 is 0 Å². The van der Waals surface area contributed by atoms with Crippen molar-refractivity contribution in [2.75, 3.05) is 13.2 Å². The van der Waals surface area contributed by atoms with E-state index in [1.165, 1.54) is 6.92 Å². The van der Waals surface area contributed by atoms with Crippen molar-refractivity contribution in [1.82, 2.24) is 0 Å². The van der Waals surface area contributed by atoms with Gasteiger partial charge in [0.1, 0.15) is 36.8 Å². The van der Waals surface area contributed by atoms with Crippen LogP contribution in [0.5, 0.6) is 5.75 Å². The second-order valence-corrected chi connectivity index (χ2v) is 5.65. The van der Waals surface area contributed by atoms with Gasteiger partial charge in [0.15, 0.2) is 0 Å². The zero-order valence-corrected chi connectivity index (χ0v) is 14.2. The van der Waals surface area contributed by atoms with Crippen LogP contribution in [0.2, 0.25) is 0 Å². The molecule has 24 heavy (non-hydrogen) atoms. The molecule has 0 aliphatic carbocycles. The first-order valence-electron chi connectivity index (χ1n) is 7.62. The number of Topliss-reactive ketones (excluding diaryl/α,β-unsaturated/α-hetero) is 1. The van der Waals surface area contributed by atoms with E-state index in [1.807, 2.05) is 13.0 Å². The van der Waals surface area contributed by atoms with Gasteiger partial charge in [-0.05, 0) is 45.4 Å². The molecule has 0 saturated carbocycles. The van der Waals surface area contributed by atoms with E-state index in [-0.39, 0.29) is 31.0 Å². The van der Waals surface area contributed by atoms with Gasteiger partial charge in [-0.1, -0.05) is 0 Å². The van der Waals surface area contributed by atoms with Gasteiger partial charge in [0, 0.05) is 16.5 Å². The van der Waals surface area contributed by atoms with Gasteiger partial charge in [0.05, 0.1) is 0 Å². The van der Waals surface area contributed by atoms with E-state index in [0.29, 0.717) is 22.5 Å². The summed E-state index contributed by atoms with van der Waals surface area (Å²) in [6.07, 6.45) is -0.237. The van der Waals surface area contributed by atoms with Crippen LogP contribution in [0.1, 0.15) is 30.0 Å². The molecule has 1 aromatic heterocycles. The number of carbonyl (C=O) groups excluding carboxylic acids is 2. The zero-order valence-electron chi connectivity index (χ0n) is 14.2. The number of benzene rings is 1. The molecule has 1 heterocycles. The molecule has 128 valence electrons. The first kappa shape index (κ1) is 17.7. The lowest BCUT2D eigenvalue weighted by molar-refractivity contribution is -0.146. The highest BCUT2D eigenvalue weighted by molar-refractivity contribution is 5.94. The number of carbonyl (C=O) groups is 2. The Labute approximate surface area is 139 Å². The molecule has 6 heteroatoms. The molecule has 2 rings (SSSR count). The summed E-state index contributed by atoms with van der Waals surface area (Å²) >= 11 is 0. The van der Waals surface area contributed by atoms with E-state index in [1.54, 1.807) is 19.9 Å². The van der Waals surface area contributed by atoms with Crippen LogP contribution in [-0.4, -0.2) is 25.0 Å². The van der Waals surface area contributed by atoms with Crippen molar-refractivity contribution >= 4 is 22.7 Å². The Morgan fingerprint density at radius 2 is 1.75 bits per heavy atom. The second kappa shape index (κ2) is 7.29. The third kappa shape index (κ3) is 3.82. The molecular weight excluding hydrogens is 312 g/mol. The van der Waals surface area contributed by atoms with E-state index in [4.69, 9.17) is 13.9 Å². The minimum absolute atomic E-state index is 0.0421. The molecule has 0 spiro atoms. The first-order valence-corrected chi connectivity index (χ1v) is 7.62. The summed E-state index contributed by atoms with van der Waals surface area (Å²) in [6.45, 7) is 6.93. The summed E-state index contributed by atoms with van der Waals surface area (Å²) in [5.74, 6) is -0.262. The van der Waals surface area contributed by atoms with Gasteiger partial charge >= 0.3 is 11.6 Å². The molecule has 0 unspecified atom stereocenters. The standard InChI is InChI=1S/C18H20O6/c1-10(19)9-16(20)23-8-7-22-15-6-5-14-11(2)12(3)18(21)24-17(14)13(15)4/h5-6H,7-9H2,1-4H3. The molecule has 0 atom stereocenters. The van der Waals surface area contributed by atoms with Gasteiger partial charge in [-0.25, -0.2) is 4.79 Å². The monoisotopic (exact) mass is 332 g/mol. The summed E-state index contributed by atoms with van der Waals surface area (Å²) in [6, 6.07) is 3.63. The number of esters is 1. The van der Waals surface area contributed by atoms with E-state index in [2.05, 4.69) is 0 Å². The minimum Gasteiger partial charge on any atom is -0.490 e. The van der Waals surface area contributed by atoms with Crippen LogP contribution in [0.3, 0.4) is 0 Å². The van der Waals surface area contributed by atoms with Gasteiger partial charge in [-0.2, -0.15) is 0 Å². The predicted molar refractivity (Wildman–Crippen MR) is 88.4 cm³/mol. The number of hydrogen-bond acceptors (Lipinski definition) is 6. The van der Waals surface area contributed by atoms with Crippen molar-refractivity contribution in [3.05, 3.63) is 39.2 Å². The molecule has 0 aliphatic rings. The van der Waals surface area contributed by atoms with Crippen molar-refractivity contribution in [2.24, 2.45) is 0 Å². The van der Waals surface area contributed by atoms with Crippen LogP contribution < -0.4 is 10.4 Å².